The Kier molecular flexibility index (Phi) is 7.44. The van der Waals surface area contributed by atoms with Crippen LogP contribution in [0.15, 0.2) is 54.9 Å². The van der Waals surface area contributed by atoms with Crippen molar-refractivity contribution in [2.75, 3.05) is 26.2 Å². The summed E-state index contributed by atoms with van der Waals surface area (Å²) in [6.45, 7) is 3.12. The molecule has 1 aromatic carbocycles. The normalized spacial score (nSPS) is 15.9. The van der Waals surface area contributed by atoms with E-state index in [2.05, 4.69) is 14.9 Å². The Balaban J connectivity index is 1.13. The van der Waals surface area contributed by atoms with Crippen molar-refractivity contribution in [2.45, 2.75) is 32.2 Å². The van der Waals surface area contributed by atoms with E-state index in [1.807, 2.05) is 24.4 Å². The number of fused-ring (bicyclic) bond motifs is 1. The molecule has 0 spiro atoms. The van der Waals surface area contributed by atoms with Gasteiger partial charge >= 0.3 is 6.09 Å². The zero-order valence-electron chi connectivity index (χ0n) is 21.9. The van der Waals surface area contributed by atoms with Crippen LogP contribution in [-0.2, 0) is 17.8 Å². The van der Waals surface area contributed by atoms with Gasteiger partial charge in [0.15, 0.2) is 11.6 Å². The molecule has 2 fully saturated rings. The SMILES string of the molecule is O=C(Cc1ccc(Oc2ccnc3cc(-c4ccc(CN5CCN(C(=O)O)CC5)cn4)sc23)c(F)c1)CC1CC1. The van der Waals surface area contributed by atoms with Gasteiger partial charge in [-0.2, -0.15) is 0 Å². The minimum Gasteiger partial charge on any atom is -0.465 e. The van der Waals surface area contributed by atoms with Crippen LogP contribution >= 0.6 is 11.3 Å². The molecule has 1 aliphatic carbocycles. The average Bonchev–Trinajstić information content (AvgIpc) is 3.64. The van der Waals surface area contributed by atoms with E-state index in [1.54, 1.807) is 24.4 Å². The maximum Gasteiger partial charge on any atom is 0.407 e. The molecule has 8 nitrogen and oxygen atoms in total. The fourth-order valence-electron chi connectivity index (χ4n) is 4.94. The number of Topliss-reactive ketones (excluding diaryl/α,β-unsaturated/α-hetero) is 1. The highest BCUT2D eigenvalue weighted by Crippen LogP contribution is 2.39. The number of hydrogen-bond acceptors (Lipinski definition) is 7. The van der Waals surface area contributed by atoms with Gasteiger partial charge in [0, 0.05) is 64.0 Å². The monoisotopic (exact) mass is 560 g/mol. The molecule has 206 valence electrons. The molecular weight excluding hydrogens is 531 g/mol. The molecule has 1 N–H and O–H groups in total. The van der Waals surface area contributed by atoms with Crippen molar-refractivity contribution < 1.29 is 23.8 Å². The molecule has 2 aliphatic rings. The highest BCUT2D eigenvalue weighted by Gasteiger charge is 2.24. The first-order chi connectivity index (χ1) is 19.4. The van der Waals surface area contributed by atoms with E-state index in [-0.39, 0.29) is 18.0 Å². The van der Waals surface area contributed by atoms with Gasteiger partial charge in [0.2, 0.25) is 0 Å². The number of aromatic nitrogens is 2. The number of thiophene rings is 1. The molecule has 10 heteroatoms. The number of ether oxygens (including phenoxy) is 1. The second kappa shape index (κ2) is 11.3. The van der Waals surface area contributed by atoms with Gasteiger partial charge in [0.25, 0.3) is 0 Å². The summed E-state index contributed by atoms with van der Waals surface area (Å²) in [5, 5.41) is 9.13. The van der Waals surface area contributed by atoms with Gasteiger partial charge in [-0.1, -0.05) is 12.1 Å². The number of nitrogens with zero attached hydrogens (tertiary/aromatic N) is 4. The highest BCUT2D eigenvalue weighted by atomic mass is 32.1. The summed E-state index contributed by atoms with van der Waals surface area (Å²) in [5.74, 6) is 0.784. The van der Waals surface area contributed by atoms with Crippen molar-refractivity contribution in [3.8, 4) is 22.1 Å². The number of carbonyl (C=O) groups excluding carboxylic acids is 1. The van der Waals surface area contributed by atoms with Crippen LogP contribution in [0.4, 0.5) is 9.18 Å². The van der Waals surface area contributed by atoms with Crippen LogP contribution in [-0.4, -0.2) is 62.9 Å². The molecule has 40 heavy (non-hydrogen) atoms. The van der Waals surface area contributed by atoms with Crippen molar-refractivity contribution in [1.29, 1.82) is 0 Å². The van der Waals surface area contributed by atoms with Crippen molar-refractivity contribution in [2.24, 2.45) is 5.92 Å². The quantitative estimate of drug-likeness (QED) is 0.268. The van der Waals surface area contributed by atoms with Gasteiger partial charge < -0.3 is 14.7 Å². The molecule has 0 atom stereocenters. The molecular formula is C30H29FN4O4S. The van der Waals surface area contributed by atoms with Crippen molar-refractivity contribution >= 4 is 33.4 Å². The van der Waals surface area contributed by atoms with Crippen LogP contribution < -0.4 is 4.74 Å². The van der Waals surface area contributed by atoms with Crippen LogP contribution in [0.2, 0.25) is 0 Å². The van der Waals surface area contributed by atoms with E-state index >= 15 is 0 Å². The number of ketones is 1. The summed E-state index contributed by atoms with van der Waals surface area (Å²) < 4.78 is 21.7. The number of amides is 1. The van der Waals surface area contributed by atoms with Gasteiger partial charge in [0.1, 0.15) is 11.5 Å². The summed E-state index contributed by atoms with van der Waals surface area (Å²) in [6, 6.07) is 12.4. The molecule has 1 amide bonds. The van der Waals surface area contributed by atoms with Gasteiger partial charge in [-0.25, -0.2) is 9.18 Å². The molecule has 0 radical (unpaired) electrons. The largest absolute Gasteiger partial charge is 0.465 e. The lowest BCUT2D eigenvalue weighted by atomic mass is 10.0. The summed E-state index contributed by atoms with van der Waals surface area (Å²) in [7, 11) is 0. The Hall–Kier alpha value is -3.89. The number of carbonyl (C=O) groups is 2. The Morgan fingerprint density at radius 1 is 1.00 bits per heavy atom. The van der Waals surface area contributed by atoms with E-state index in [9.17, 15) is 14.0 Å². The maximum absolute atomic E-state index is 14.9. The zero-order valence-corrected chi connectivity index (χ0v) is 22.7. The zero-order chi connectivity index (χ0) is 27.6. The number of halogens is 1. The third-order valence-corrected chi connectivity index (χ3v) is 8.49. The third kappa shape index (κ3) is 6.13. The first-order valence-electron chi connectivity index (χ1n) is 13.4. The Labute approximate surface area is 235 Å². The van der Waals surface area contributed by atoms with Crippen LogP contribution in [0.25, 0.3) is 20.8 Å². The lowest BCUT2D eigenvalue weighted by Gasteiger charge is -2.32. The summed E-state index contributed by atoms with van der Waals surface area (Å²) in [5.41, 5.74) is 3.26. The lowest BCUT2D eigenvalue weighted by Crippen LogP contribution is -2.47. The number of rotatable bonds is 9. The average molecular weight is 561 g/mol. The molecule has 1 saturated heterocycles. The van der Waals surface area contributed by atoms with Crippen LogP contribution in [0, 0.1) is 11.7 Å². The smallest absolute Gasteiger partial charge is 0.407 e. The molecule has 1 aliphatic heterocycles. The molecule has 3 aromatic heterocycles. The predicted octanol–water partition coefficient (Wildman–Crippen LogP) is 6.00. The third-order valence-electron chi connectivity index (χ3n) is 7.33. The number of carboxylic acid groups (broad SMARTS) is 1. The Morgan fingerprint density at radius 2 is 1.80 bits per heavy atom. The minimum atomic E-state index is -0.868. The van der Waals surface area contributed by atoms with Gasteiger partial charge in [0.05, 0.1) is 20.8 Å². The van der Waals surface area contributed by atoms with Crippen LogP contribution in [0.5, 0.6) is 11.5 Å². The number of piperazine rings is 1. The number of benzene rings is 1. The summed E-state index contributed by atoms with van der Waals surface area (Å²) in [6.07, 6.45) is 5.68. The van der Waals surface area contributed by atoms with E-state index in [0.717, 1.165) is 39.2 Å². The summed E-state index contributed by atoms with van der Waals surface area (Å²) in [4.78, 5) is 37.0. The number of hydrogen-bond donors (Lipinski definition) is 1. The first kappa shape index (κ1) is 26.3. The van der Waals surface area contributed by atoms with E-state index in [1.165, 1.54) is 22.3 Å². The second-order valence-electron chi connectivity index (χ2n) is 10.5. The Morgan fingerprint density at radius 3 is 2.50 bits per heavy atom. The van der Waals surface area contributed by atoms with Crippen LogP contribution in [0.1, 0.15) is 30.4 Å². The van der Waals surface area contributed by atoms with Crippen molar-refractivity contribution in [3.63, 3.8) is 0 Å². The maximum atomic E-state index is 14.9. The van der Waals surface area contributed by atoms with Gasteiger partial charge in [-0.3, -0.25) is 19.7 Å². The number of pyridine rings is 2. The summed E-state index contributed by atoms with van der Waals surface area (Å²) >= 11 is 1.48. The molecule has 4 heterocycles. The molecule has 1 saturated carbocycles. The first-order valence-corrected chi connectivity index (χ1v) is 14.2. The molecule has 6 rings (SSSR count). The molecule has 0 bridgehead atoms. The molecule has 4 aromatic rings. The highest BCUT2D eigenvalue weighted by molar-refractivity contribution is 7.22. The fraction of sp³-hybridized carbons (Fsp3) is 0.333. The second-order valence-corrected chi connectivity index (χ2v) is 11.5. The predicted molar refractivity (Wildman–Crippen MR) is 150 cm³/mol. The van der Waals surface area contributed by atoms with E-state index < -0.39 is 11.9 Å². The lowest BCUT2D eigenvalue weighted by molar-refractivity contribution is -0.118. The van der Waals surface area contributed by atoms with Crippen molar-refractivity contribution in [1.82, 2.24) is 19.8 Å². The van der Waals surface area contributed by atoms with Gasteiger partial charge in [-0.15, -0.1) is 11.3 Å². The Bertz CT molecular complexity index is 1550. The van der Waals surface area contributed by atoms with Crippen molar-refractivity contribution in [3.05, 3.63) is 71.8 Å². The minimum absolute atomic E-state index is 0.104. The fourth-order valence-corrected chi connectivity index (χ4v) is 5.98. The van der Waals surface area contributed by atoms with E-state index in [0.29, 0.717) is 56.4 Å². The standard InChI is InChI=1S/C30H29FN4O4S/c31-23-15-20(14-22(36)13-19-1-2-19)4-6-26(23)39-27-7-8-32-25-16-28(40-29(25)27)24-5-3-21(17-33-24)18-34-9-11-35(12-10-34)30(37)38/h3-8,15-17,19H,1-2,9-14,18H2,(H,37,38). The van der Waals surface area contributed by atoms with E-state index in [4.69, 9.17) is 9.84 Å². The van der Waals surface area contributed by atoms with Gasteiger partial charge in [-0.05, 0) is 54.2 Å². The topological polar surface area (TPSA) is 95.9 Å². The van der Waals surface area contributed by atoms with Crippen LogP contribution in [0.3, 0.4) is 0 Å². The molecule has 0 unspecified atom stereocenters.